The summed E-state index contributed by atoms with van der Waals surface area (Å²) in [5.41, 5.74) is 0.380. The van der Waals surface area contributed by atoms with Gasteiger partial charge in [0.1, 0.15) is 6.61 Å². The van der Waals surface area contributed by atoms with Crippen molar-refractivity contribution in [2.24, 2.45) is 0 Å². The van der Waals surface area contributed by atoms with Crippen molar-refractivity contribution in [1.82, 2.24) is 0 Å². The van der Waals surface area contributed by atoms with Crippen LogP contribution in [-0.4, -0.2) is 26.6 Å². The van der Waals surface area contributed by atoms with E-state index in [2.05, 4.69) is 4.74 Å². The highest BCUT2D eigenvalue weighted by molar-refractivity contribution is 5.97. The number of hydrogen-bond donors (Lipinski definition) is 0. The zero-order valence-corrected chi connectivity index (χ0v) is 8.04. The van der Waals surface area contributed by atoms with Gasteiger partial charge in [0.05, 0.1) is 7.11 Å². The van der Waals surface area contributed by atoms with Crippen molar-refractivity contribution in [2.45, 2.75) is 0 Å². The smallest absolute Gasteiger partial charge is 0.188 e. The SMILES string of the molecule is COCC(=O)c1ccc(F)c(OC)c1. The van der Waals surface area contributed by atoms with Crippen LogP contribution in [0.15, 0.2) is 18.2 Å². The van der Waals surface area contributed by atoms with Crippen LogP contribution >= 0.6 is 0 Å². The van der Waals surface area contributed by atoms with E-state index in [1.54, 1.807) is 0 Å². The monoisotopic (exact) mass is 198 g/mol. The number of methoxy groups -OCH3 is 2. The van der Waals surface area contributed by atoms with E-state index >= 15 is 0 Å². The van der Waals surface area contributed by atoms with E-state index in [9.17, 15) is 9.18 Å². The predicted octanol–water partition coefficient (Wildman–Crippen LogP) is 1.66. The van der Waals surface area contributed by atoms with E-state index in [-0.39, 0.29) is 18.1 Å². The van der Waals surface area contributed by atoms with Gasteiger partial charge in [-0.1, -0.05) is 0 Å². The summed E-state index contributed by atoms with van der Waals surface area (Å²) in [7, 11) is 2.78. The Balaban J connectivity index is 2.94. The molecule has 0 aliphatic rings. The highest BCUT2D eigenvalue weighted by Crippen LogP contribution is 2.18. The maximum absolute atomic E-state index is 13.0. The Hall–Kier alpha value is -1.42. The molecule has 0 aliphatic heterocycles. The second-order valence-electron chi connectivity index (χ2n) is 2.71. The van der Waals surface area contributed by atoms with E-state index in [0.29, 0.717) is 5.56 Å². The predicted molar refractivity (Wildman–Crippen MR) is 49.2 cm³/mol. The average molecular weight is 198 g/mol. The number of carbonyl (C=O) groups is 1. The third-order valence-corrected chi connectivity index (χ3v) is 1.75. The van der Waals surface area contributed by atoms with Crippen LogP contribution in [-0.2, 0) is 4.74 Å². The summed E-state index contributed by atoms with van der Waals surface area (Å²) >= 11 is 0. The molecule has 4 heteroatoms. The molecular formula is C10H11FO3. The van der Waals surface area contributed by atoms with Crippen LogP contribution in [0.5, 0.6) is 5.75 Å². The Labute approximate surface area is 81.4 Å². The third kappa shape index (κ3) is 2.29. The van der Waals surface area contributed by atoms with Gasteiger partial charge < -0.3 is 9.47 Å². The molecule has 0 aliphatic carbocycles. The largest absolute Gasteiger partial charge is 0.494 e. The summed E-state index contributed by atoms with van der Waals surface area (Å²) in [6.07, 6.45) is 0. The third-order valence-electron chi connectivity index (χ3n) is 1.75. The second kappa shape index (κ2) is 4.72. The number of rotatable bonds is 4. The average Bonchev–Trinajstić information content (AvgIpc) is 2.19. The number of carbonyl (C=O) groups excluding carboxylic acids is 1. The minimum Gasteiger partial charge on any atom is -0.494 e. The number of halogens is 1. The minimum atomic E-state index is -0.485. The summed E-state index contributed by atoms with van der Waals surface area (Å²) < 4.78 is 22.4. The zero-order valence-electron chi connectivity index (χ0n) is 8.04. The number of Topliss-reactive ketones (excluding diaryl/α,β-unsaturated/α-hetero) is 1. The van der Waals surface area contributed by atoms with Crippen molar-refractivity contribution in [3.63, 3.8) is 0 Å². The first-order valence-corrected chi connectivity index (χ1v) is 4.04. The molecule has 3 nitrogen and oxygen atoms in total. The molecule has 0 spiro atoms. The summed E-state index contributed by atoms with van der Waals surface area (Å²) in [5, 5.41) is 0. The highest BCUT2D eigenvalue weighted by Gasteiger charge is 2.09. The molecule has 0 heterocycles. The molecule has 0 bridgehead atoms. The molecule has 76 valence electrons. The molecule has 0 unspecified atom stereocenters. The fourth-order valence-corrected chi connectivity index (χ4v) is 1.05. The fraction of sp³-hybridized carbons (Fsp3) is 0.300. The molecule has 1 aromatic carbocycles. The van der Waals surface area contributed by atoms with Crippen molar-refractivity contribution in [3.05, 3.63) is 29.6 Å². The molecule has 1 rings (SSSR count). The van der Waals surface area contributed by atoms with Crippen molar-refractivity contribution < 1.29 is 18.7 Å². The highest BCUT2D eigenvalue weighted by atomic mass is 19.1. The maximum Gasteiger partial charge on any atom is 0.188 e. The molecule has 0 saturated carbocycles. The van der Waals surface area contributed by atoms with Gasteiger partial charge in [-0.2, -0.15) is 0 Å². The molecule has 0 amide bonds. The van der Waals surface area contributed by atoms with Crippen LogP contribution in [0.4, 0.5) is 4.39 Å². The zero-order chi connectivity index (χ0) is 10.6. The van der Waals surface area contributed by atoms with Gasteiger partial charge in [0.25, 0.3) is 0 Å². The Bertz CT molecular complexity index is 336. The molecule has 14 heavy (non-hydrogen) atoms. The first kappa shape index (κ1) is 10.7. The number of hydrogen-bond acceptors (Lipinski definition) is 3. The summed E-state index contributed by atoms with van der Waals surface area (Å²) in [6, 6.07) is 3.96. The quantitative estimate of drug-likeness (QED) is 0.690. The van der Waals surface area contributed by atoms with Gasteiger partial charge in [0.2, 0.25) is 0 Å². The lowest BCUT2D eigenvalue weighted by atomic mass is 10.1. The van der Waals surface area contributed by atoms with Crippen molar-refractivity contribution in [2.75, 3.05) is 20.8 Å². The van der Waals surface area contributed by atoms with Crippen molar-refractivity contribution >= 4 is 5.78 Å². The molecule has 0 aromatic heterocycles. The van der Waals surface area contributed by atoms with Gasteiger partial charge in [0.15, 0.2) is 17.3 Å². The van der Waals surface area contributed by atoms with E-state index in [4.69, 9.17) is 4.74 Å². The lowest BCUT2D eigenvalue weighted by Gasteiger charge is -2.04. The van der Waals surface area contributed by atoms with Crippen molar-refractivity contribution in [1.29, 1.82) is 0 Å². The molecule has 0 N–H and O–H groups in total. The van der Waals surface area contributed by atoms with E-state index in [1.807, 2.05) is 0 Å². The summed E-state index contributed by atoms with van der Waals surface area (Å²) in [6.45, 7) is -0.0191. The molecule has 0 fully saturated rings. The summed E-state index contributed by atoms with van der Waals surface area (Å²) in [4.78, 5) is 11.3. The number of benzene rings is 1. The lowest BCUT2D eigenvalue weighted by molar-refractivity contribution is 0.0847. The minimum absolute atomic E-state index is 0.0191. The van der Waals surface area contributed by atoms with Crippen LogP contribution in [0.3, 0.4) is 0 Å². The molecule has 0 radical (unpaired) electrons. The Morgan fingerprint density at radius 1 is 1.43 bits per heavy atom. The van der Waals surface area contributed by atoms with Crippen LogP contribution in [0.25, 0.3) is 0 Å². The van der Waals surface area contributed by atoms with Gasteiger partial charge in [-0.15, -0.1) is 0 Å². The normalized spacial score (nSPS) is 9.93. The standard InChI is InChI=1S/C10H11FO3/c1-13-6-9(12)7-3-4-8(11)10(5-7)14-2/h3-5H,6H2,1-2H3. The Kier molecular flexibility index (Phi) is 3.59. The van der Waals surface area contributed by atoms with Gasteiger partial charge >= 0.3 is 0 Å². The van der Waals surface area contributed by atoms with Gasteiger partial charge in [-0.3, -0.25) is 4.79 Å². The molecular weight excluding hydrogens is 187 g/mol. The fourth-order valence-electron chi connectivity index (χ4n) is 1.05. The van der Waals surface area contributed by atoms with E-state index < -0.39 is 5.82 Å². The summed E-state index contributed by atoms with van der Waals surface area (Å²) in [5.74, 6) is -0.626. The molecule has 0 atom stereocenters. The van der Waals surface area contributed by atoms with E-state index in [0.717, 1.165) is 0 Å². The van der Waals surface area contributed by atoms with Crippen LogP contribution in [0, 0.1) is 5.82 Å². The first-order valence-electron chi connectivity index (χ1n) is 4.04. The van der Waals surface area contributed by atoms with Crippen LogP contribution < -0.4 is 4.74 Å². The lowest BCUT2D eigenvalue weighted by Crippen LogP contribution is -2.07. The van der Waals surface area contributed by atoms with Crippen molar-refractivity contribution in [3.8, 4) is 5.75 Å². The van der Waals surface area contributed by atoms with Gasteiger partial charge in [-0.05, 0) is 18.2 Å². The maximum atomic E-state index is 13.0. The van der Waals surface area contributed by atoms with Gasteiger partial charge in [-0.25, -0.2) is 4.39 Å². The van der Waals surface area contributed by atoms with Crippen LogP contribution in [0.2, 0.25) is 0 Å². The van der Waals surface area contributed by atoms with Gasteiger partial charge in [0, 0.05) is 12.7 Å². The topological polar surface area (TPSA) is 35.5 Å². The first-order chi connectivity index (χ1) is 6.69. The molecule has 1 aromatic rings. The number of ether oxygens (including phenoxy) is 2. The second-order valence-corrected chi connectivity index (χ2v) is 2.71. The Morgan fingerprint density at radius 2 is 2.14 bits per heavy atom. The van der Waals surface area contributed by atoms with E-state index in [1.165, 1.54) is 32.4 Å². The number of ketones is 1. The van der Waals surface area contributed by atoms with Crippen LogP contribution in [0.1, 0.15) is 10.4 Å². The molecule has 0 saturated heterocycles. The Morgan fingerprint density at radius 3 is 2.71 bits per heavy atom.